The van der Waals surface area contributed by atoms with Crippen molar-refractivity contribution in [3.63, 3.8) is 0 Å². The van der Waals surface area contributed by atoms with Crippen LogP contribution in [0.3, 0.4) is 0 Å². The summed E-state index contributed by atoms with van der Waals surface area (Å²) in [5, 5.41) is 10.9. The highest BCUT2D eigenvalue weighted by Crippen LogP contribution is 2.40. The Hall–Kier alpha value is -2.54. The maximum Gasteiger partial charge on any atom is 0.204 e. The summed E-state index contributed by atoms with van der Waals surface area (Å²) in [6, 6.07) is 4.64. The number of carbonyl (C=O) groups excluding carboxylic acids is 1. The van der Waals surface area contributed by atoms with Crippen molar-refractivity contribution < 1.29 is 24.1 Å². The van der Waals surface area contributed by atoms with Crippen LogP contribution in [0.25, 0.3) is 6.08 Å². The minimum absolute atomic E-state index is 0. The molecule has 1 N–H and O–H groups in total. The molecule has 0 fully saturated rings. The van der Waals surface area contributed by atoms with E-state index >= 15 is 0 Å². The van der Waals surface area contributed by atoms with Crippen LogP contribution in [0.5, 0.6) is 17.2 Å². The van der Waals surface area contributed by atoms with Crippen LogP contribution in [-0.2, 0) is 11.2 Å². The Morgan fingerprint density at radius 3 is 2.57 bits per heavy atom. The smallest absolute Gasteiger partial charge is 0.204 e. The molecule has 1 aromatic carbocycles. The first-order valence-electron chi connectivity index (χ1n) is 8.89. The number of carbonyl (C=O) groups is 1. The van der Waals surface area contributed by atoms with E-state index in [1.54, 1.807) is 18.2 Å². The topological polar surface area (TPSA) is 77.9 Å². The third-order valence-corrected chi connectivity index (χ3v) is 4.22. The maximum atomic E-state index is 12.5. The Balaban J connectivity index is 0.00000450. The van der Waals surface area contributed by atoms with Crippen LogP contribution in [0, 0.1) is 0 Å². The number of benzene rings is 1. The van der Waals surface area contributed by atoms with Gasteiger partial charge >= 0.3 is 0 Å². The van der Waals surface area contributed by atoms with Crippen LogP contribution in [0.2, 0.25) is 5.02 Å². The highest BCUT2D eigenvalue weighted by molar-refractivity contribution is 6.30. The molecule has 0 bridgehead atoms. The number of pyridine rings is 1. The Bertz CT molecular complexity index is 920. The molecule has 6 nitrogen and oxygen atoms in total. The average molecular weight is 454 g/mol. The number of ketones is 1. The van der Waals surface area contributed by atoms with E-state index < -0.39 is 0 Å². The van der Waals surface area contributed by atoms with Crippen molar-refractivity contribution in [1.82, 2.24) is 4.98 Å². The summed E-state index contributed by atoms with van der Waals surface area (Å²) in [6.07, 6.45) is 6.78. The standard InChI is InChI=1S/C22H24ClNO5.ClH/c1-14(2)5-7-16-20(26)11-21(28-4)17(22(16)29-13-27-3)8-10-19(25)18-9-6-15(23)12-24-18;/h5-6,8-12,26H,7,13H2,1-4H3;1H/b10-8+;. The molecule has 30 heavy (non-hydrogen) atoms. The average Bonchev–Trinajstić information content (AvgIpc) is 2.70. The second kappa shape index (κ2) is 12.2. The van der Waals surface area contributed by atoms with Gasteiger partial charge in [-0.3, -0.25) is 9.78 Å². The van der Waals surface area contributed by atoms with E-state index in [9.17, 15) is 9.90 Å². The zero-order valence-corrected chi connectivity index (χ0v) is 18.8. The second-order valence-electron chi connectivity index (χ2n) is 6.42. The summed E-state index contributed by atoms with van der Waals surface area (Å²) >= 11 is 5.82. The maximum absolute atomic E-state index is 12.5. The zero-order valence-electron chi connectivity index (χ0n) is 17.3. The lowest BCUT2D eigenvalue weighted by atomic mass is 10.0. The molecule has 0 saturated heterocycles. The first kappa shape index (κ1) is 25.5. The van der Waals surface area contributed by atoms with Gasteiger partial charge in [0.2, 0.25) is 5.78 Å². The number of ether oxygens (including phenoxy) is 3. The SMILES string of the molecule is COCOc1c(/C=C/C(=O)c2ccc(Cl)cn2)c(OC)cc(O)c1CC=C(C)C.Cl. The number of allylic oxidation sites excluding steroid dienone is 3. The van der Waals surface area contributed by atoms with Crippen molar-refractivity contribution in [3.05, 3.63) is 64.0 Å². The number of phenolic OH excluding ortho intramolecular Hbond substituents is 1. The first-order chi connectivity index (χ1) is 13.9. The fourth-order valence-electron chi connectivity index (χ4n) is 2.56. The van der Waals surface area contributed by atoms with Gasteiger partial charge in [0.15, 0.2) is 6.79 Å². The van der Waals surface area contributed by atoms with Gasteiger partial charge in [-0.2, -0.15) is 0 Å². The third-order valence-electron chi connectivity index (χ3n) is 4.00. The quantitative estimate of drug-likeness (QED) is 0.241. The summed E-state index contributed by atoms with van der Waals surface area (Å²) in [5.41, 5.74) is 2.44. The van der Waals surface area contributed by atoms with Crippen LogP contribution < -0.4 is 9.47 Å². The van der Waals surface area contributed by atoms with Crippen LogP contribution in [0.15, 0.2) is 42.1 Å². The second-order valence-corrected chi connectivity index (χ2v) is 6.85. The van der Waals surface area contributed by atoms with E-state index in [-0.39, 0.29) is 36.4 Å². The Morgan fingerprint density at radius 1 is 1.27 bits per heavy atom. The minimum atomic E-state index is -0.305. The Morgan fingerprint density at radius 2 is 2.00 bits per heavy atom. The molecule has 0 unspecified atom stereocenters. The van der Waals surface area contributed by atoms with E-state index in [2.05, 4.69) is 4.98 Å². The number of nitrogens with zero attached hydrogens (tertiary/aromatic N) is 1. The lowest BCUT2D eigenvalue weighted by molar-refractivity contribution is 0.0500. The molecule has 0 spiro atoms. The summed E-state index contributed by atoms with van der Waals surface area (Å²) < 4.78 is 16.2. The number of rotatable bonds is 9. The van der Waals surface area contributed by atoms with E-state index in [1.807, 2.05) is 19.9 Å². The summed E-state index contributed by atoms with van der Waals surface area (Å²) in [7, 11) is 2.98. The van der Waals surface area contributed by atoms with Crippen LogP contribution in [0.4, 0.5) is 0 Å². The Labute approximate surface area is 187 Å². The zero-order chi connectivity index (χ0) is 21.4. The van der Waals surface area contributed by atoms with Crippen molar-refractivity contribution in [2.45, 2.75) is 20.3 Å². The lowest BCUT2D eigenvalue weighted by Crippen LogP contribution is -2.05. The minimum Gasteiger partial charge on any atom is -0.507 e. The molecule has 0 aliphatic carbocycles. The number of methoxy groups -OCH3 is 2. The normalized spacial score (nSPS) is 10.4. The molecule has 1 aromatic heterocycles. The molecule has 2 rings (SSSR count). The van der Waals surface area contributed by atoms with E-state index in [0.717, 1.165) is 5.57 Å². The molecule has 1 heterocycles. The summed E-state index contributed by atoms with van der Waals surface area (Å²) in [4.78, 5) is 16.5. The van der Waals surface area contributed by atoms with Gasteiger partial charge < -0.3 is 19.3 Å². The summed E-state index contributed by atoms with van der Waals surface area (Å²) in [5.74, 6) is 0.477. The van der Waals surface area contributed by atoms with Crippen molar-refractivity contribution in [1.29, 1.82) is 0 Å². The molecule has 2 aromatic rings. The molecule has 0 amide bonds. The molecule has 0 aliphatic heterocycles. The highest BCUT2D eigenvalue weighted by Gasteiger charge is 2.19. The van der Waals surface area contributed by atoms with Crippen molar-refractivity contribution in [3.8, 4) is 17.2 Å². The first-order valence-corrected chi connectivity index (χ1v) is 9.27. The van der Waals surface area contributed by atoms with E-state index in [0.29, 0.717) is 34.1 Å². The van der Waals surface area contributed by atoms with Crippen molar-refractivity contribution >= 4 is 35.9 Å². The molecule has 0 atom stereocenters. The van der Waals surface area contributed by atoms with Gasteiger partial charge in [0, 0.05) is 24.9 Å². The number of hydrogen-bond donors (Lipinski definition) is 1. The molecule has 162 valence electrons. The molecular formula is C22H25Cl2NO5. The van der Waals surface area contributed by atoms with Gasteiger partial charge in [0.25, 0.3) is 0 Å². The van der Waals surface area contributed by atoms with Gasteiger partial charge in [-0.15, -0.1) is 12.4 Å². The number of phenols is 1. The summed E-state index contributed by atoms with van der Waals surface area (Å²) in [6.45, 7) is 3.91. The molecule has 0 radical (unpaired) electrons. The third kappa shape index (κ3) is 6.76. The molecular weight excluding hydrogens is 429 g/mol. The predicted octanol–water partition coefficient (Wildman–Crippen LogP) is 5.26. The van der Waals surface area contributed by atoms with Crippen LogP contribution >= 0.6 is 24.0 Å². The lowest BCUT2D eigenvalue weighted by Gasteiger charge is -2.17. The number of aromatic hydroxyl groups is 1. The predicted molar refractivity (Wildman–Crippen MR) is 120 cm³/mol. The van der Waals surface area contributed by atoms with Gasteiger partial charge in [0.05, 0.1) is 17.7 Å². The van der Waals surface area contributed by atoms with E-state index in [4.69, 9.17) is 25.8 Å². The number of halogens is 2. The van der Waals surface area contributed by atoms with E-state index in [1.165, 1.54) is 32.6 Å². The van der Waals surface area contributed by atoms with Crippen LogP contribution in [0.1, 0.15) is 35.5 Å². The van der Waals surface area contributed by atoms with Gasteiger partial charge in [0.1, 0.15) is 22.9 Å². The largest absolute Gasteiger partial charge is 0.507 e. The van der Waals surface area contributed by atoms with Crippen molar-refractivity contribution in [2.75, 3.05) is 21.0 Å². The Kier molecular flexibility index (Phi) is 10.4. The number of aromatic nitrogens is 1. The number of hydrogen-bond acceptors (Lipinski definition) is 6. The van der Waals surface area contributed by atoms with Gasteiger partial charge in [-0.05, 0) is 44.6 Å². The fourth-order valence-corrected chi connectivity index (χ4v) is 2.67. The monoisotopic (exact) mass is 453 g/mol. The van der Waals surface area contributed by atoms with Gasteiger partial charge in [-0.1, -0.05) is 23.3 Å². The van der Waals surface area contributed by atoms with Gasteiger partial charge in [-0.25, -0.2) is 0 Å². The fraction of sp³-hybridized carbons (Fsp3) is 0.273. The highest BCUT2D eigenvalue weighted by atomic mass is 35.5. The van der Waals surface area contributed by atoms with Crippen molar-refractivity contribution in [2.24, 2.45) is 0 Å². The molecule has 0 saturated carbocycles. The molecule has 8 heteroatoms. The van der Waals surface area contributed by atoms with Crippen LogP contribution in [-0.4, -0.2) is 36.9 Å². The molecule has 0 aliphatic rings.